The summed E-state index contributed by atoms with van der Waals surface area (Å²) >= 11 is 1.93. The van der Waals surface area contributed by atoms with Crippen molar-refractivity contribution in [1.82, 2.24) is 4.98 Å². The third-order valence-corrected chi connectivity index (χ3v) is 2.92. The van der Waals surface area contributed by atoms with E-state index in [2.05, 4.69) is 4.98 Å². The molecule has 0 atom stereocenters. The first-order valence-electron chi connectivity index (χ1n) is 4.41. The lowest BCUT2D eigenvalue weighted by Gasteiger charge is -2.27. The summed E-state index contributed by atoms with van der Waals surface area (Å²) in [6.45, 7) is 2.95. The van der Waals surface area contributed by atoms with Crippen LogP contribution in [0.4, 0.5) is 10.2 Å². The monoisotopic (exact) mass is 308 g/mol. The SMILES string of the molecule is Fc1cc(N2CCOCC2)ncc1I. The second-order valence-electron chi connectivity index (χ2n) is 3.06. The number of hydrogen-bond donors (Lipinski definition) is 0. The van der Waals surface area contributed by atoms with Gasteiger partial charge in [0, 0.05) is 25.4 Å². The molecule has 1 saturated heterocycles. The Morgan fingerprint density at radius 1 is 1.43 bits per heavy atom. The van der Waals surface area contributed by atoms with Crippen molar-refractivity contribution in [2.24, 2.45) is 0 Å². The average molecular weight is 308 g/mol. The average Bonchev–Trinajstić information content (AvgIpc) is 2.23. The molecule has 3 nitrogen and oxygen atoms in total. The molecule has 0 amide bonds. The van der Waals surface area contributed by atoms with Crippen LogP contribution in [0.1, 0.15) is 0 Å². The number of pyridine rings is 1. The molecule has 1 aliphatic heterocycles. The highest BCUT2D eigenvalue weighted by Gasteiger charge is 2.13. The molecule has 0 bridgehead atoms. The molecule has 0 radical (unpaired) electrons. The summed E-state index contributed by atoms with van der Waals surface area (Å²) in [6.07, 6.45) is 1.56. The Balaban J connectivity index is 2.18. The molecule has 14 heavy (non-hydrogen) atoms. The zero-order chi connectivity index (χ0) is 9.97. The Labute approximate surface area is 95.4 Å². The first kappa shape index (κ1) is 10.1. The van der Waals surface area contributed by atoms with Gasteiger partial charge in [-0.25, -0.2) is 9.37 Å². The molecule has 1 aliphatic rings. The highest BCUT2D eigenvalue weighted by atomic mass is 127. The summed E-state index contributed by atoms with van der Waals surface area (Å²) in [6, 6.07) is 1.48. The van der Waals surface area contributed by atoms with Crippen molar-refractivity contribution in [1.29, 1.82) is 0 Å². The van der Waals surface area contributed by atoms with E-state index in [1.807, 2.05) is 27.5 Å². The predicted molar refractivity (Wildman–Crippen MR) is 59.9 cm³/mol. The Bertz CT molecular complexity index is 329. The molecule has 0 saturated carbocycles. The predicted octanol–water partition coefficient (Wildman–Crippen LogP) is 1.66. The lowest BCUT2D eigenvalue weighted by molar-refractivity contribution is 0.122. The summed E-state index contributed by atoms with van der Waals surface area (Å²) in [4.78, 5) is 6.22. The minimum atomic E-state index is -0.206. The third-order valence-electron chi connectivity index (χ3n) is 2.13. The van der Waals surface area contributed by atoms with Crippen LogP contribution in [0.5, 0.6) is 0 Å². The number of anilines is 1. The van der Waals surface area contributed by atoms with Crippen LogP contribution in [0.3, 0.4) is 0 Å². The maximum absolute atomic E-state index is 13.2. The molecule has 0 aliphatic carbocycles. The van der Waals surface area contributed by atoms with E-state index in [9.17, 15) is 4.39 Å². The van der Waals surface area contributed by atoms with E-state index in [0.29, 0.717) is 22.6 Å². The van der Waals surface area contributed by atoms with E-state index in [0.717, 1.165) is 13.1 Å². The van der Waals surface area contributed by atoms with Crippen LogP contribution in [-0.4, -0.2) is 31.3 Å². The van der Waals surface area contributed by atoms with E-state index >= 15 is 0 Å². The molecule has 1 aromatic heterocycles. The largest absolute Gasteiger partial charge is 0.378 e. The van der Waals surface area contributed by atoms with Gasteiger partial charge in [0.1, 0.15) is 11.6 Å². The van der Waals surface area contributed by atoms with Gasteiger partial charge in [-0.15, -0.1) is 0 Å². The summed E-state index contributed by atoms with van der Waals surface area (Å²) in [5, 5.41) is 0. The number of nitrogens with zero attached hydrogens (tertiary/aromatic N) is 2. The maximum Gasteiger partial charge on any atom is 0.141 e. The van der Waals surface area contributed by atoms with Gasteiger partial charge >= 0.3 is 0 Å². The number of hydrogen-bond acceptors (Lipinski definition) is 3. The molecule has 0 aromatic carbocycles. The van der Waals surface area contributed by atoms with Crippen molar-refractivity contribution in [3.8, 4) is 0 Å². The zero-order valence-corrected chi connectivity index (χ0v) is 9.70. The molecule has 1 fully saturated rings. The van der Waals surface area contributed by atoms with E-state index in [-0.39, 0.29) is 5.82 Å². The highest BCUT2D eigenvalue weighted by molar-refractivity contribution is 14.1. The van der Waals surface area contributed by atoms with Crippen LogP contribution in [0.2, 0.25) is 0 Å². The van der Waals surface area contributed by atoms with Gasteiger partial charge in [-0.1, -0.05) is 0 Å². The normalized spacial score (nSPS) is 17.1. The topological polar surface area (TPSA) is 25.4 Å². The summed E-state index contributed by atoms with van der Waals surface area (Å²) in [7, 11) is 0. The van der Waals surface area contributed by atoms with E-state index in [4.69, 9.17) is 4.74 Å². The van der Waals surface area contributed by atoms with Crippen molar-refractivity contribution in [2.45, 2.75) is 0 Å². The lowest BCUT2D eigenvalue weighted by Crippen LogP contribution is -2.36. The van der Waals surface area contributed by atoms with Crippen LogP contribution in [0.15, 0.2) is 12.3 Å². The second kappa shape index (κ2) is 4.39. The molecule has 0 spiro atoms. The van der Waals surface area contributed by atoms with E-state index in [1.165, 1.54) is 6.07 Å². The van der Waals surface area contributed by atoms with Crippen LogP contribution < -0.4 is 4.90 Å². The molecular formula is C9H10FIN2O. The fourth-order valence-electron chi connectivity index (χ4n) is 1.37. The molecule has 2 heterocycles. The smallest absolute Gasteiger partial charge is 0.141 e. The van der Waals surface area contributed by atoms with Crippen LogP contribution >= 0.6 is 22.6 Å². The number of ether oxygens (including phenoxy) is 1. The van der Waals surface area contributed by atoms with Crippen molar-refractivity contribution in [3.05, 3.63) is 21.7 Å². The molecular weight excluding hydrogens is 298 g/mol. The molecule has 2 rings (SSSR count). The standard InChI is InChI=1S/C9H10FIN2O/c10-7-5-9(12-6-8(7)11)13-1-3-14-4-2-13/h5-6H,1-4H2. The highest BCUT2D eigenvalue weighted by Crippen LogP contribution is 2.17. The lowest BCUT2D eigenvalue weighted by atomic mass is 10.3. The van der Waals surface area contributed by atoms with Gasteiger partial charge in [0.25, 0.3) is 0 Å². The first-order chi connectivity index (χ1) is 6.77. The van der Waals surface area contributed by atoms with Gasteiger partial charge in [0.05, 0.1) is 16.8 Å². The quantitative estimate of drug-likeness (QED) is 0.738. The Morgan fingerprint density at radius 3 is 2.79 bits per heavy atom. The fourth-order valence-corrected chi connectivity index (χ4v) is 1.66. The number of morpholine rings is 1. The Kier molecular flexibility index (Phi) is 3.17. The minimum absolute atomic E-state index is 0.206. The second-order valence-corrected chi connectivity index (χ2v) is 4.22. The molecule has 0 N–H and O–H groups in total. The molecule has 76 valence electrons. The van der Waals surface area contributed by atoms with Gasteiger partial charge < -0.3 is 9.64 Å². The summed E-state index contributed by atoms with van der Waals surface area (Å²) in [5.74, 6) is 0.494. The minimum Gasteiger partial charge on any atom is -0.378 e. The first-order valence-corrected chi connectivity index (χ1v) is 5.49. The van der Waals surface area contributed by atoms with Gasteiger partial charge in [-0.3, -0.25) is 0 Å². The van der Waals surface area contributed by atoms with Crippen molar-refractivity contribution >= 4 is 28.4 Å². The third kappa shape index (κ3) is 2.14. The number of aromatic nitrogens is 1. The molecule has 1 aromatic rings. The Morgan fingerprint density at radius 2 is 2.14 bits per heavy atom. The molecule has 0 unspecified atom stereocenters. The van der Waals surface area contributed by atoms with Gasteiger partial charge in [-0.2, -0.15) is 0 Å². The van der Waals surface area contributed by atoms with Gasteiger partial charge in [0.15, 0.2) is 0 Å². The zero-order valence-electron chi connectivity index (χ0n) is 7.54. The van der Waals surface area contributed by atoms with Gasteiger partial charge in [0.2, 0.25) is 0 Å². The fraction of sp³-hybridized carbons (Fsp3) is 0.444. The number of halogens is 2. The van der Waals surface area contributed by atoms with E-state index < -0.39 is 0 Å². The Hall–Kier alpha value is -0.430. The summed E-state index contributed by atoms with van der Waals surface area (Å²) in [5.41, 5.74) is 0. The van der Waals surface area contributed by atoms with Crippen molar-refractivity contribution < 1.29 is 9.13 Å². The summed E-state index contributed by atoms with van der Waals surface area (Å²) < 4.78 is 19.0. The van der Waals surface area contributed by atoms with Crippen LogP contribution in [0, 0.1) is 9.39 Å². The van der Waals surface area contributed by atoms with Crippen LogP contribution in [0.25, 0.3) is 0 Å². The van der Waals surface area contributed by atoms with E-state index in [1.54, 1.807) is 6.20 Å². The van der Waals surface area contributed by atoms with Crippen LogP contribution in [-0.2, 0) is 4.74 Å². The molecule has 5 heteroatoms. The number of rotatable bonds is 1. The van der Waals surface area contributed by atoms with Gasteiger partial charge in [-0.05, 0) is 22.6 Å². The van der Waals surface area contributed by atoms with Crippen molar-refractivity contribution in [3.63, 3.8) is 0 Å². The van der Waals surface area contributed by atoms with Crippen molar-refractivity contribution in [2.75, 3.05) is 31.2 Å². The maximum atomic E-state index is 13.2.